The van der Waals surface area contributed by atoms with E-state index in [1.165, 1.54) is 12.8 Å². The standard InChI is InChI=1S/C11H20O2/c1-4-6-8-11(3)10(13-11)9(12)7-5-2/h5,7,9-10,12H,4,6,8H2,1-3H3. The summed E-state index contributed by atoms with van der Waals surface area (Å²) in [7, 11) is 0. The minimum absolute atomic E-state index is 0.0234. The third-order valence-electron chi connectivity index (χ3n) is 2.67. The summed E-state index contributed by atoms with van der Waals surface area (Å²) in [4.78, 5) is 0. The van der Waals surface area contributed by atoms with Gasteiger partial charge in [0.2, 0.25) is 0 Å². The molecule has 1 rings (SSSR count). The van der Waals surface area contributed by atoms with Gasteiger partial charge in [0.1, 0.15) is 12.2 Å². The number of hydrogen-bond donors (Lipinski definition) is 1. The van der Waals surface area contributed by atoms with Crippen LogP contribution in [0, 0.1) is 0 Å². The first-order valence-electron chi connectivity index (χ1n) is 5.12. The van der Waals surface area contributed by atoms with Crippen LogP contribution in [0.2, 0.25) is 0 Å². The molecule has 2 heteroatoms. The first kappa shape index (κ1) is 10.7. The molecule has 0 amide bonds. The van der Waals surface area contributed by atoms with E-state index < -0.39 is 6.10 Å². The largest absolute Gasteiger partial charge is 0.386 e. The van der Waals surface area contributed by atoms with E-state index in [0.29, 0.717) is 0 Å². The van der Waals surface area contributed by atoms with Crippen LogP contribution in [-0.2, 0) is 4.74 Å². The average Bonchev–Trinajstić information content (AvgIpc) is 2.76. The van der Waals surface area contributed by atoms with Gasteiger partial charge in [0, 0.05) is 0 Å². The summed E-state index contributed by atoms with van der Waals surface area (Å²) < 4.78 is 5.52. The van der Waals surface area contributed by atoms with Crippen LogP contribution in [0.25, 0.3) is 0 Å². The highest BCUT2D eigenvalue weighted by Gasteiger charge is 2.54. The van der Waals surface area contributed by atoms with Crippen molar-refractivity contribution in [2.45, 2.75) is 57.8 Å². The van der Waals surface area contributed by atoms with Crippen molar-refractivity contribution in [2.75, 3.05) is 0 Å². The number of rotatable bonds is 5. The third kappa shape index (κ3) is 2.55. The predicted molar refractivity (Wildman–Crippen MR) is 53.6 cm³/mol. The smallest absolute Gasteiger partial charge is 0.116 e. The zero-order valence-electron chi connectivity index (χ0n) is 8.79. The van der Waals surface area contributed by atoms with E-state index in [4.69, 9.17) is 4.74 Å². The Balaban J connectivity index is 2.34. The van der Waals surface area contributed by atoms with Crippen molar-refractivity contribution < 1.29 is 9.84 Å². The lowest BCUT2D eigenvalue weighted by Gasteiger charge is -2.06. The maximum Gasteiger partial charge on any atom is 0.116 e. The second-order valence-electron chi connectivity index (χ2n) is 3.97. The van der Waals surface area contributed by atoms with E-state index in [0.717, 1.165) is 6.42 Å². The normalized spacial score (nSPS) is 35.2. The number of epoxide rings is 1. The Bertz CT molecular complexity index is 189. The summed E-state index contributed by atoms with van der Waals surface area (Å²) in [6.45, 7) is 6.16. The molecule has 0 aromatic rings. The first-order chi connectivity index (χ1) is 6.14. The van der Waals surface area contributed by atoms with Gasteiger partial charge in [-0.05, 0) is 20.3 Å². The third-order valence-corrected chi connectivity index (χ3v) is 2.67. The molecule has 1 N–H and O–H groups in total. The van der Waals surface area contributed by atoms with Crippen LogP contribution < -0.4 is 0 Å². The summed E-state index contributed by atoms with van der Waals surface area (Å²) in [5.74, 6) is 0. The van der Waals surface area contributed by atoms with Crippen molar-refractivity contribution in [3.05, 3.63) is 12.2 Å². The summed E-state index contributed by atoms with van der Waals surface area (Å²) in [6.07, 6.45) is 6.68. The second-order valence-corrected chi connectivity index (χ2v) is 3.97. The molecule has 2 nitrogen and oxygen atoms in total. The molecule has 3 atom stereocenters. The van der Waals surface area contributed by atoms with E-state index in [-0.39, 0.29) is 11.7 Å². The number of unbranched alkanes of at least 4 members (excludes halogenated alkanes) is 1. The lowest BCUT2D eigenvalue weighted by Crippen LogP contribution is -2.20. The van der Waals surface area contributed by atoms with Crippen LogP contribution in [-0.4, -0.2) is 22.9 Å². The van der Waals surface area contributed by atoms with Gasteiger partial charge >= 0.3 is 0 Å². The van der Waals surface area contributed by atoms with Crippen molar-refractivity contribution in [3.8, 4) is 0 Å². The fourth-order valence-corrected chi connectivity index (χ4v) is 1.71. The van der Waals surface area contributed by atoms with Gasteiger partial charge < -0.3 is 9.84 Å². The number of allylic oxidation sites excluding steroid dienone is 1. The highest BCUT2D eigenvalue weighted by Crippen LogP contribution is 2.42. The van der Waals surface area contributed by atoms with E-state index >= 15 is 0 Å². The minimum atomic E-state index is -0.424. The maximum absolute atomic E-state index is 9.61. The Morgan fingerprint density at radius 2 is 2.31 bits per heavy atom. The van der Waals surface area contributed by atoms with Crippen LogP contribution in [0.1, 0.15) is 40.0 Å². The van der Waals surface area contributed by atoms with E-state index in [1.807, 2.05) is 13.0 Å². The summed E-state index contributed by atoms with van der Waals surface area (Å²) in [6, 6.07) is 0. The van der Waals surface area contributed by atoms with Crippen molar-refractivity contribution in [3.63, 3.8) is 0 Å². The van der Waals surface area contributed by atoms with Gasteiger partial charge in [0.05, 0.1) is 5.60 Å². The Kier molecular flexibility index (Phi) is 3.51. The van der Waals surface area contributed by atoms with Gasteiger partial charge in [-0.1, -0.05) is 31.9 Å². The molecule has 1 aliphatic heterocycles. The molecule has 76 valence electrons. The lowest BCUT2D eigenvalue weighted by atomic mass is 9.97. The Labute approximate surface area is 80.6 Å². The van der Waals surface area contributed by atoms with Crippen LogP contribution in [0.5, 0.6) is 0 Å². The van der Waals surface area contributed by atoms with Crippen molar-refractivity contribution in [2.24, 2.45) is 0 Å². The lowest BCUT2D eigenvalue weighted by molar-refractivity contribution is 0.176. The van der Waals surface area contributed by atoms with Gasteiger partial charge in [-0.15, -0.1) is 0 Å². The summed E-state index contributed by atoms with van der Waals surface area (Å²) >= 11 is 0. The molecule has 0 aromatic carbocycles. The molecule has 0 spiro atoms. The van der Waals surface area contributed by atoms with Crippen LogP contribution in [0.3, 0.4) is 0 Å². The summed E-state index contributed by atoms with van der Waals surface area (Å²) in [5, 5.41) is 9.61. The first-order valence-corrected chi connectivity index (χ1v) is 5.12. The zero-order chi connectivity index (χ0) is 9.90. The molecule has 1 fully saturated rings. The monoisotopic (exact) mass is 184 g/mol. The predicted octanol–water partition coefficient (Wildman–Crippen LogP) is 2.27. The Morgan fingerprint density at radius 3 is 2.85 bits per heavy atom. The fraction of sp³-hybridized carbons (Fsp3) is 0.818. The number of hydrogen-bond acceptors (Lipinski definition) is 2. The molecule has 0 saturated carbocycles. The van der Waals surface area contributed by atoms with Gasteiger partial charge in [-0.3, -0.25) is 0 Å². The van der Waals surface area contributed by atoms with Crippen molar-refractivity contribution in [1.29, 1.82) is 0 Å². The van der Waals surface area contributed by atoms with Gasteiger partial charge in [0.25, 0.3) is 0 Å². The molecule has 0 radical (unpaired) electrons. The highest BCUT2D eigenvalue weighted by atomic mass is 16.6. The highest BCUT2D eigenvalue weighted by molar-refractivity contribution is 5.08. The SMILES string of the molecule is CC=CC(O)C1OC1(C)CCCC. The zero-order valence-corrected chi connectivity index (χ0v) is 8.79. The Morgan fingerprint density at radius 1 is 1.62 bits per heavy atom. The minimum Gasteiger partial charge on any atom is -0.386 e. The molecule has 13 heavy (non-hydrogen) atoms. The van der Waals surface area contributed by atoms with Gasteiger partial charge in [-0.2, -0.15) is 0 Å². The Hall–Kier alpha value is -0.340. The molecular weight excluding hydrogens is 164 g/mol. The molecule has 0 bridgehead atoms. The van der Waals surface area contributed by atoms with Crippen molar-refractivity contribution >= 4 is 0 Å². The van der Waals surface area contributed by atoms with Gasteiger partial charge in [0.15, 0.2) is 0 Å². The van der Waals surface area contributed by atoms with Crippen LogP contribution in [0.4, 0.5) is 0 Å². The molecule has 1 aliphatic rings. The van der Waals surface area contributed by atoms with Crippen LogP contribution in [0.15, 0.2) is 12.2 Å². The van der Waals surface area contributed by atoms with E-state index in [1.54, 1.807) is 6.08 Å². The van der Waals surface area contributed by atoms with Crippen molar-refractivity contribution in [1.82, 2.24) is 0 Å². The average molecular weight is 184 g/mol. The van der Waals surface area contributed by atoms with E-state index in [9.17, 15) is 5.11 Å². The van der Waals surface area contributed by atoms with Gasteiger partial charge in [-0.25, -0.2) is 0 Å². The second kappa shape index (κ2) is 4.25. The molecule has 0 aliphatic carbocycles. The number of aliphatic hydroxyl groups excluding tert-OH is 1. The maximum atomic E-state index is 9.61. The van der Waals surface area contributed by atoms with E-state index in [2.05, 4.69) is 13.8 Å². The topological polar surface area (TPSA) is 32.8 Å². The van der Waals surface area contributed by atoms with Crippen LogP contribution >= 0.6 is 0 Å². The quantitative estimate of drug-likeness (QED) is 0.525. The molecule has 1 saturated heterocycles. The molecule has 0 aromatic heterocycles. The summed E-state index contributed by atoms with van der Waals surface area (Å²) in [5.41, 5.74) is -0.0606. The molecule has 3 unspecified atom stereocenters. The molecular formula is C11H20O2. The number of ether oxygens (including phenoxy) is 1. The molecule has 1 heterocycles. The number of aliphatic hydroxyl groups is 1. The fourth-order valence-electron chi connectivity index (χ4n) is 1.71.